The van der Waals surface area contributed by atoms with Crippen molar-refractivity contribution in [2.24, 2.45) is 0 Å². The zero-order valence-corrected chi connectivity index (χ0v) is 17.8. The molecule has 1 saturated carbocycles. The highest BCUT2D eigenvalue weighted by Crippen LogP contribution is 2.25. The highest BCUT2D eigenvalue weighted by atomic mass is 35.5. The quantitative estimate of drug-likeness (QED) is 0.543. The molecule has 0 radical (unpaired) electrons. The average molecular weight is 424 g/mol. The molecule has 1 heterocycles. The molecule has 1 atom stereocenters. The van der Waals surface area contributed by atoms with Crippen molar-refractivity contribution in [2.75, 3.05) is 13.7 Å². The minimum Gasteiger partial charge on any atom is -0.383 e. The van der Waals surface area contributed by atoms with Gasteiger partial charge in [-0.05, 0) is 38.0 Å². The Morgan fingerprint density at radius 1 is 1.39 bits per heavy atom. The second kappa shape index (κ2) is 9.76. The molecule has 1 aliphatic carbocycles. The number of ether oxygens (including phenoxy) is 1. The molecule has 1 amide bonds. The summed E-state index contributed by atoms with van der Waals surface area (Å²) in [6, 6.07) is 5.30. The van der Waals surface area contributed by atoms with E-state index in [9.17, 15) is 9.59 Å². The SMILES string of the molecule is COCCn1c(SC(C)C(=O)NC2CCCCC2)nc2cc(Cl)ccc2c1=O. The molecule has 0 saturated heterocycles. The van der Waals surface area contributed by atoms with Crippen LogP contribution in [0.3, 0.4) is 0 Å². The number of nitrogens with one attached hydrogen (secondary N) is 1. The van der Waals surface area contributed by atoms with Gasteiger partial charge in [-0.1, -0.05) is 42.6 Å². The van der Waals surface area contributed by atoms with Gasteiger partial charge in [0.1, 0.15) is 0 Å². The number of fused-ring (bicyclic) bond motifs is 1. The molecule has 8 heteroatoms. The first-order chi connectivity index (χ1) is 13.5. The number of halogens is 1. The Labute approximate surface area is 174 Å². The second-order valence-electron chi connectivity index (χ2n) is 7.11. The van der Waals surface area contributed by atoms with E-state index in [0.29, 0.717) is 34.2 Å². The third-order valence-corrected chi connectivity index (χ3v) is 6.33. The smallest absolute Gasteiger partial charge is 0.262 e. The summed E-state index contributed by atoms with van der Waals surface area (Å²) in [5, 5.41) is 4.31. The molecule has 28 heavy (non-hydrogen) atoms. The molecule has 0 bridgehead atoms. The monoisotopic (exact) mass is 423 g/mol. The van der Waals surface area contributed by atoms with Crippen molar-refractivity contribution >= 4 is 40.2 Å². The van der Waals surface area contributed by atoms with E-state index >= 15 is 0 Å². The molecule has 0 aliphatic heterocycles. The van der Waals surface area contributed by atoms with Crippen molar-refractivity contribution in [1.29, 1.82) is 0 Å². The zero-order valence-electron chi connectivity index (χ0n) is 16.2. The van der Waals surface area contributed by atoms with Crippen LogP contribution in [-0.4, -0.2) is 40.5 Å². The van der Waals surface area contributed by atoms with Crippen LogP contribution in [0.4, 0.5) is 0 Å². The number of hydrogen-bond donors (Lipinski definition) is 1. The summed E-state index contributed by atoms with van der Waals surface area (Å²) in [7, 11) is 1.59. The molecule has 1 fully saturated rings. The van der Waals surface area contributed by atoms with Crippen molar-refractivity contribution in [3.05, 3.63) is 33.6 Å². The van der Waals surface area contributed by atoms with Gasteiger partial charge in [-0.25, -0.2) is 4.98 Å². The number of benzene rings is 1. The van der Waals surface area contributed by atoms with Gasteiger partial charge in [0.25, 0.3) is 5.56 Å². The fourth-order valence-corrected chi connectivity index (χ4v) is 4.53. The highest BCUT2D eigenvalue weighted by molar-refractivity contribution is 8.00. The first kappa shape index (κ1) is 21.1. The van der Waals surface area contributed by atoms with Crippen LogP contribution in [0.2, 0.25) is 5.02 Å². The van der Waals surface area contributed by atoms with Crippen LogP contribution in [0.5, 0.6) is 0 Å². The van der Waals surface area contributed by atoms with Gasteiger partial charge in [-0.2, -0.15) is 0 Å². The first-order valence-electron chi connectivity index (χ1n) is 9.65. The highest BCUT2D eigenvalue weighted by Gasteiger charge is 2.22. The molecule has 1 aromatic carbocycles. The molecule has 1 unspecified atom stereocenters. The maximum atomic E-state index is 12.9. The Bertz CT molecular complexity index is 896. The van der Waals surface area contributed by atoms with Crippen LogP contribution in [-0.2, 0) is 16.1 Å². The summed E-state index contributed by atoms with van der Waals surface area (Å²) in [6.45, 7) is 2.61. The normalized spacial score (nSPS) is 16.2. The van der Waals surface area contributed by atoms with Gasteiger partial charge in [-0.15, -0.1) is 0 Å². The fourth-order valence-electron chi connectivity index (χ4n) is 3.42. The van der Waals surface area contributed by atoms with E-state index in [0.717, 1.165) is 25.7 Å². The van der Waals surface area contributed by atoms with Crippen molar-refractivity contribution < 1.29 is 9.53 Å². The second-order valence-corrected chi connectivity index (χ2v) is 8.85. The number of hydrogen-bond acceptors (Lipinski definition) is 5. The van der Waals surface area contributed by atoms with Crippen LogP contribution < -0.4 is 10.9 Å². The number of rotatable bonds is 7. The molecule has 152 valence electrons. The van der Waals surface area contributed by atoms with Crippen molar-refractivity contribution in [1.82, 2.24) is 14.9 Å². The Balaban J connectivity index is 1.84. The summed E-state index contributed by atoms with van der Waals surface area (Å²) < 4.78 is 6.72. The molecular weight excluding hydrogens is 398 g/mol. The summed E-state index contributed by atoms with van der Waals surface area (Å²) in [6.07, 6.45) is 5.64. The summed E-state index contributed by atoms with van der Waals surface area (Å²) in [5.41, 5.74) is 0.384. The predicted octanol–water partition coefficient (Wildman–Crippen LogP) is 3.63. The van der Waals surface area contributed by atoms with Gasteiger partial charge < -0.3 is 10.1 Å². The van der Waals surface area contributed by atoms with E-state index in [1.54, 1.807) is 29.9 Å². The van der Waals surface area contributed by atoms with E-state index in [4.69, 9.17) is 16.3 Å². The fraction of sp³-hybridized carbons (Fsp3) is 0.550. The van der Waals surface area contributed by atoms with Gasteiger partial charge in [0.2, 0.25) is 5.91 Å². The zero-order chi connectivity index (χ0) is 20.1. The number of methoxy groups -OCH3 is 1. The maximum Gasteiger partial charge on any atom is 0.262 e. The Kier molecular flexibility index (Phi) is 7.37. The topological polar surface area (TPSA) is 73.2 Å². The number of carbonyl (C=O) groups is 1. The van der Waals surface area contributed by atoms with Crippen LogP contribution in [0.25, 0.3) is 10.9 Å². The van der Waals surface area contributed by atoms with Gasteiger partial charge in [0.15, 0.2) is 5.16 Å². The van der Waals surface area contributed by atoms with E-state index in [1.165, 1.54) is 18.2 Å². The van der Waals surface area contributed by atoms with Crippen LogP contribution in [0.15, 0.2) is 28.2 Å². The van der Waals surface area contributed by atoms with Crippen molar-refractivity contribution in [3.63, 3.8) is 0 Å². The Morgan fingerprint density at radius 2 is 2.14 bits per heavy atom. The van der Waals surface area contributed by atoms with E-state index < -0.39 is 0 Å². The molecule has 2 aromatic rings. The minimum absolute atomic E-state index is 0.0179. The molecule has 3 rings (SSSR count). The first-order valence-corrected chi connectivity index (χ1v) is 10.9. The predicted molar refractivity (Wildman–Crippen MR) is 113 cm³/mol. The summed E-state index contributed by atoms with van der Waals surface area (Å²) >= 11 is 7.36. The average Bonchev–Trinajstić information content (AvgIpc) is 2.68. The summed E-state index contributed by atoms with van der Waals surface area (Å²) in [4.78, 5) is 30.2. The molecule has 1 aliphatic rings. The van der Waals surface area contributed by atoms with E-state index in [1.807, 2.05) is 6.92 Å². The third-order valence-electron chi connectivity index (χ3n) is 5.00. The molecule has 1 aromatic heterocycles. The van der Waals surface area contributed by atoms with Gasteiger partial charge >= 0.3 is 0 Å². The van der Waals surface area contributed by atoms with Gasteiger partial charge in [0.05, 0.1) is 29.3 Å². The van der Waals surface area contributed by atoms with Gasteiger partial charge in [0, 0.05) is 18.2 Å². The summed E-state index contributed by atoms with van der Waals surface area (Å²) in [5.74, 6) is -0.0179. The van der Waals surface area contributed by atoms with Crippen LogP contribution in [0.1, 0.15) is 39.0 Å². The lowest BCUT2D eigenvalue weighted by molar-refractivity contribution is -0.121. The number of aromatic nitrogens is 2. The standard InChI is InChI=1S/C20H26ClN3O3S/c1-13(18(25)22-15-6-4-3-5-7-15)28-20-23-17-12-14(21)8-9-16(17)19(26)24(20)10-11-27-2/h8-9,12-13,15H,3-7,10-11H2,1-2H3,(H,22,25). The largest absolute Gasteiger partial charge is 0.383 e. The Hall–Kier alpha value is -1.57. The van der Waals surface area contributed by atoms with E-state index in [2.05, 4.69) is 10.3 Å². The Morgan fingerprint density at radius 3 is 2.86 bits per heavy atom. The lowest BCUT2D eigenvalue weighted by Gasteiger charge is -2.24. The third kappa shape index (κ3) is 5.07. The lowest BCUT2D eigenvalue weighted by atomic mass is 9.95. The van der Waals surface area contributed by atoms with Crippen LogP contribution in [0, 0.1) is 0 Å². The molecule has 1 N–H and O–H groups in total. The van der Waals surface area contributed by atoms with Gasteiger partial charge in [-0.3, -0.25) is 14.2 Å². The molecule has 0 spiro atoms. The minimum atomic E-state index is -0.362. The molecular formula is C20H26ClN3O3S. The van der Waals surface area contributed by atoms with Crippen molar-refractivity contribution in [2.45, 2.75) is 62.0 Å². The number of thioether (sulfide) groups is 1. The number of amides is 1. The van der Waals surface area contributed by atoms with Crippen LogP contribution >= 0.6 is 23.4 Å². The van der Waals surface area contributed by atoms with Crippen molar-refractivity contribution in [3.8, 4) is 0 Å². The number of nitrogens with zero attached hydrogens (tertiary/aromatic N) is 2. The molecule has 6 nitrogen and oxygen atoms in total. The van der Waals surface area contributed by atoms with E-state index in [-0.39, 0.29) is 22.8 Å². The maximum absolute atomic E-state index is 12.9. The lowest BCUT2D eigenvalue weighted by Crippen LogP contribution is -2.40. The number of carbonyl (C=O) groups excluding carboxylic acids is 1.